The Kier molecular flexibility index (Phi) is 5.87. The molecule has 0 spiro atoms. The molecule has 1 atom stereocenters. The molecule has 3 amide bonds. The largest absolute Gasteiger partial charge is 0.497 e. The number of urea groups is 1. The molecule has 0 radical (unpaired) electrons. The van der Waals surface area contributed by atoms with Crippen LogP contribution in [-0.2, 0) is 11.2 Å². The molecule has 0 aliphatic carbocycles. The van der Waals surface area contributed by atoms with Crippen molar-refractivity contribution in [1.82, 2.24) is 10.2 Å². The van der Waals surface area contributed by atoms with E-state index in [9.17, 15) is 14.4 Å². The van der Waals surface area contributed by atoms with Crippen LogP contribution in [0.1, 0.15) is 29.3 Å². The van der Waals surface area contributed by atoms with Gasteiger partial charge >= 0.3 is 6.03 Å². The normalized spacial score (nSPS) is 18.5. The van der Waals surface area contributed by atoms with Gasteiger partial charge in [-0.15, -0.1) is 0 Å². The highest BCUT2D eigenvalue weighted by molar-refractivity contribution is 6.11. The van der Waals surface area contributed by atoms with Gasteiger partial charge in [0.25, 0.3) is 5.91 Å². The van der Waals surface area contributed by atoms with Crippen molar-refractivity contribution in [2.45, 2.75) is 25.3 Å². The van der Waals surface area contributed by atoms with Gasteiger partial charge in [-0.25, -0.2) is 4.79 Å². The first-order valence-electron chi connectivity index (χ1n) is 9.31. The van der Waals surface area contributed by atoms with Gasteiger partial charge in [0.2, 0.25) is 0 Å². The average molecular weight is 396 g/mol. The summed E-state index contributed by atoms with van der Waals surface area (Å²) in [4.78, 5) is 39.0. The second-order valence-electron chi connectivity index (χ2n) is 7.13. The van der Waals surface area contributed by atoms with E-state index in [2.05, 4.69) is 5.32 Å². The summed E-state index contributed by atoms with van der Waals surface area (Å²) in [5, 5.41) is 2.74. The van der Waals surface area contributed by atoms with Gasteiger partial charge in [-0.1, -0.05) is 24.3 Å². The number of benzene rings is 2. The topological polar surface area (TPSA) is 84.9 Å². The minimum atomic E-state index is -1.06. The number of methoxy groups -OCH3 is 2. The molecule has 2 aromatic rings. The van der Waals surface area contributed by atoms with Crippen LogP contribution in [0, 0.1) is 0 Å². The average Bonchev–Trinajstić information content (AvgIpc) is 2.95. The second kappa shape index (κ2) is 8.34. The molecule has 29 heavy (non-hydrogen) atoms. The number of carbonyl (C=O) groups is 3. The van der Waals surface area contributed by atoms with E-state index in [1.165, 1.54) is 7.11 Å². The summed E-state index contributed by atoms with van der Waals surface area (Å²) in [6, 6.07) is 13.7. The number of nitrogens with zero attached hydrogens (tertiary/aromatic N) is 1. The number of hydrogen-bond donors (Lipinski definition) is 1. The van der Waals surface area contributed by atoms with Gasteiger partial charge in [0.05, 0.1) is 26.3 Å². The zero-order chi connectivity index (χ0) is 21.0. The lowest BCUT2D eigenvalue weighted by atomic mass is 9.93. The first kappa shape index (κ1) is 20.4. The molecule has 2 aromatic carbocycles. The number of rotatable bonds is 8. The Bertz CT molecular complexity index is 925. The molecule has 152 valence electrons. The maximum absolute atomic E-state index is 12.9. The van der Waals surface area contributed by atoms with Crippen LogP contribution >= 0.6 is 0 Å². The number of ketones is 1. The third-order valence-electron chi connectivity index (χ3n) is 5.13. The predicted molar refractivity (Wildman–Crippen MR) is 107 cm³/mol. The van der Waals surface area contributed by atoms with Gasteiger partial charge in [-0.2, -0.15) is 0 Å². The van der Waals surface area contributed by atoms with Crippen LogP contribution in [-0.4, -0.2) is 48.9 Å². The number of carbonyl (C=O) groups excluding carboxylic acids is 3. The monoisotopic (exact) mass is 396 g/mol. The van der Waals surface area contributed by atoms with Crippen molar-refractivity contribution in [3.05, 3.63) is 59.7 Å². The van der Waals surface area contributed by atoms with E-state index in [4.69, 9.17) is 9.47 Å². The highest BCUT2D eigenvalue weighted by atomic mass is 16.5. The van der Waals surface area contributed by atoms with Crippen LogP contribution in [0.2, 0.25) is 0 Å². The van der Waals surface area contributed by atoms with Crippen molar-refractivity contribution >= 4 is 17.7 Å². The number of ether oxygens (including phenoxy) is 2. The van der Waals surface area contributed by atoms with Crippen LogP contribution in [0.4, 0.5) is 4.79 Å². The Morgan fingerprint density at radius 3 is 2.38 bits per heavy atom. The quantitative estimate of drug-likeness (QED) is 0.548. The number of Topliss-reactive ketones (excluding diaryl/α,β-unsaturated/α-hetero) is 1. The molecule has 1 N–H and O–H groups in total. The maximum atomic E-state index is 12.9. The highest BCUT2D eigenvalue weighted by Gasteiger charge is 2.47. The van der Waals surface area contributed by atoms with E-state index < -0.39 is 17.5 Å². The van der Waals surface area contributed by atoms with E-state index >= 15 is 0 Å². The Labute approximate surface area is 169 Å². The fourth-order valence-electron chi connectivity index (χ4n) is 3.35. The first-order chi connectivity index (χ1) is 13.9. The van der Waals surface area contributed by atoms with Gasteiger partial charge in [0.1, 0.15) is 17.0 Å². The van der Waals surface area contributed by atoms with Crippen molar-refractivity contribution in [1.29, 1.82) is 0 Å². The van der Waals surface area contributed by atoms with Crippen molar-refractivity contribution in [2.24, 2.45) is 0 Å². The molecule has 1 heterocycles. The van der Waals surface area contributed by atoms with Crippen LogP contribution in [0.5, 0.6) is 11.5 Å². The molecule has 1 fully saturated rings. The Balaban J connectivity index is 1.68. The summed E-state index contributed by atoms with van der Waals surface area (Å²) in [6.45, 7) is 1.35. The zero-order valence-electron chi connectivity index (χ0n) is 16.7. The predicted octanol–water partition coefficient (Wildman–Crippen LogP) is 2.83. The minimum absolute atomic E-state index is 0.330. The van der Waals surface area contributed by atoms with Crippen molar-refractivity contribution in [2.75, 3.05) is 20.8 Å². The van der Waals surface area contributed by atoms with Crippen LogP contribution < -0.4 is 14.8 Å². The van der Waals surface area contributed by atoms with Gasteiger partial charge in [0, 0.05) is 0 Å². The minimum Gasteiger partial charge on any atom is -0.497 e. The third kappa shape index (κ3) is 4.23. The van der Waals surface area contributed by atoms with E-state index in [1.807, 2.05) is 24.3 Å². The molecule has 0 bridgehead atoms. The lowest BCUT2D eigenvalue weighted by Gasteiger charge is -2.21. The molecule has 0 saturated carbocycles. The van der Waals surface area contributed by atoms with Gasteiger partial charge in [-0.3, -0.25) is 14.5 Å². The second-order valence-corrected chi connectivity index (χ2v) is 7.13. The fraction of sp³-hybridized carbons (Fsp3) is 0.318. The highest BCUT2D eigenvalue weighted by Crippen LogP contribution is 2.25. The Hall–Kier alpha value is -3.35. The van der Waals surface area contributed by atoms with Crippen LogP contribution in [0.15, 0.2) is 48.5 Å². The molecule has 3 rings (SSSR count). The summed E-state index contributed by atoms with van der Waals surface area (Å²) >= 11 is 0. The molecule has 0 unspecified atom stereocenters. The SMILES string of the molecule is COc1ccc(CC[C@@]2(C)NC(=O)N(CC(=O)c3ccccc3OC)C2=O)cc1. The summed E-state index contributed by atoms with van der Waals surface area (Å²) < 4.78 is 10.3. The van der Waals surface area contributed by atoms with Crippen molar-refractivity contribution < 1.29 is 23.9 Å². The molecular weight excluding hydrogens is 372 g/mol. The molecule has 0 aromatic heterocycles. The molecule has 7 nitrogen and oxygen atoms in total. The third-order valence-corrected chi connectivity index (χ3v) is 5.13. The number of aryl methyl sites for hydroxylation is 1. The van der Waals surface area contributed by atoms with Gasteiger partial charge < -0.3 is 14.8 Å². The smallest absolute Gasteiger partial charge is 0.325 e. The molecule has 7 heteroatoms. The summed E-state index contributed by atoms with van der Waals surface area (Å²) in [5.74, 6) is 0.405. The summed E-state index contributed by atoms with van der Waals surface area (Å²) in [7, 11) is 3.07. The number of nitrogens with one attached hydrogen (secondary N) is 1. The number of para-hydroxylation sites is 1. The van der Waals surface area contributed by atoms with Crippen LogP contribution in [0.25, 0.3) is 0 Å². The molecule has 1 aliphatic heterocycles. The molecular formula is C22H24N2O5. The maximum Gasteiger partial charge on any atom is 0.325 e. The fourth-order valence-corrected chi connectivity index (χ4v) is 3.35. The standard InChI is InChI=1S/C22H24N2O5/c1-22(13-12-15-8-10-16(28-2)11-9-15)20(26)24(21(27)23-22)14-18(25)17-6-4-5-7-19(17)29-3/h4-11H,12-14H2,1-3H3,(H,23,27)/t22-/m1/s1. The van der Waals surface area contributed by atoms with E-state index in [0.29, 0.717) is 24.2 Å². The zero-order valence-corrected chi connectivity index (χ0v) is 16.7. The number of amides is 3. The van der Waals surface area contributed by atoms with Gasteiger partial charge in [0.15, 0.2) is 5.78 Å². The van der Waals surface area contributed by atoms with Gasteiger partial charge in [-0.05, 0) is 49.6 Å². The van der Waals surface area contributed by atoms with E-state index in [1.54, 1.807) is 38.3 Å². The Morgan fingerprint density at radius 2 is 1.72 bits per heavy atom. The van der Waals surface area contributed by atoms with Crippen molar-refractivity contribution in [3.63, 3.8) is 0 Å². The molecule has 1 saturated heterocycles. The summed E-state index contributed by atoms with van der Waals surface area (Å²) in [5.41, 5.74) is 0.304. The van der Waals surface area contributed by atoms with Crippen molar-refractivity contribution in [3.8, 4) is 11.5 Å². The lowest BCUT2D eigenvalue weighted by Crippen LogP contribution is -2.44. The Morgan fingerprint density at radius 1 is 1.03 bits per heavy atom. The summed E-state index contributed by atoms with van der Waals surface area (Å²) in [6.07, 6.45) is 1.02. The molecule has 1 aliphatic rings. The van der Waals surface area contributed by atoms with E-state index in [-0.39, 0.29) is 12.3 Å². The van der Waals surface area contributed by atoms with Crippen LogP contribution in [0.3, 0.4) is 0 Å². The first-order valence-corrected chi connectivity index (χ1v) is 9.31. The number of imide groups is 1. The number of hydrogen-bond acceptors (Lipinski definition) is 5. The van der Waals surface area contributed by atoms with E-state index in [0.717, 1.165) is 16.2 Å². The lowest BCUT2D eigenvalue weighted by molar-refractivity contribution is -0.130.